The molecule has 1 aliphatic rings. The molecule has 0 bridgehead atoms. The van der Waals surface area contributed by atoms with Gasteiger partial charge >= 0.3 is 0 Å². The van der Waals surface area contributed by atoms with Crippen molar-refractivity contribution in [3.8, 4) is 5.75 Å². The first-order chi connectivity index (χ1) is 16.3. The van der Waals surface area contributed by atoms with Gasteiger partial charge < -0.3 is 9.84 Å². The van der Waals surface area contributed by atoms with Crippen LogP contribution in [0.25, 0.3) is 5.76 Å². The van der Waals surface area contributed by atoms with Gasteiger partial charge in [-0.15, -0.1) is 0 Å². The number of amides is 1. The predicted molar refractivity (Wildman–Crippen MR) is 132 cm³/mol. The zero-order valence-electron chi connectivity index (χ0n) is 19.2. The molecule has 1 aromatic heterocycles. The van der Waals surface area contributed by atoms with E-state index in [1.165, 1.54) is 4.90 Å². The highest BCUT2D eigenvalue weighted by atomic mass is 35.5. The number of halogens is 1. The number of aliphatic hydroxyl groups excluding tert-OH is 1. The van der Waals surface area contributed by atoms with Crippen LogP contribution < -0.4 is 9.64 Å². The number of hydrogen-bond donors (Lipinski definition) is 1. The molecule has 1 saturated heterocycles. The first-order valence-corrected chi connectivity index (χ1v) is 11.5. The number of carbonyl (C=O) groups is 2. The quantitative estimate of drug-likeness (QED) is 0.273. The largest absolute Gasteiger partial charge is 0.507 e. The molecule has 34 heavy (non-hydrogen) atoms. The minimum Gasteiger partial charge on any atom is -0.507 e. The maximum Gasteiger partial charge on any atom is 0.300 e. The first-order valence-electron chi connectivity index (χ1n) is 11.1. The van der Waals surface area contributed by atoms with E-state index in [-0.39, 0.29) is 17.3 Å². The highest BCUT2D eigenvalue weighted by Crippen LogP contribution is 2.42. The number of nitrogens with zero attached hydrogens (tertiary/aromatic N) is 2. The van der Waals surface area contributed by atoms with Crippen molar-refractivity contribution in [3.63, 3.8) is 0 Å². The van der Waals surface area contributed by atoms with Crippen LogP contribution in [0, 0.1) is 0 Å². The molecule has 2 aromatic carbocycles. The maximum absolute atomic E-state index is 13.3. The van der Waals surface area contributed by atoms with E-state index in [2.05, 4.69) is 4.98 Å². The average Bonchev–Trinajstić information content (AvgIpc) is 3.10. The summed E-state index contributed by atoms with van der Waals surface area (Å²) in [6.45, 7) is 6.46. The lowest BCUT2D eigenvalue weighted by atomic mass is 9.94. The minimum absolute atomic E-state index is 0.0254. The summed E-state index contributed by atoms with van der Waals surface area (Å²) in [4.78, 5) is 32.2. The summed E-state index contributed by atoms with van der Waals surface area (Å²) in [5.41, 5.74) is 2.20. The average molecular weight is 477 g/mol. The number of benzene rings is 2. The Labute approximate surface area is 203 Å². The van der Waals surface area contributed by atoms with Gasteiger partial charge in [-0.3, -0.25) is 19.5 Å². The molecule has 0 saturated carbocycles. The van der Waals surface area contributed by atoms with Crippen LogP contribution >= 0.6 is 11.6 Å². The Balaban J connectivity index is 1.92. The summed E-state index contributed by atoms with van der Waals surface area (Å²) < 4.78 is 5.72. The van der Waals surface area contributed by atoms with Crippen molar-refractivity contribution in [3.05, 3.63) is 94.3 Å². The Morgan fingerprint density at radius 3 is 2.56 bits per heavy atom. The van der Waals surface area contributed by atoms with E-state index in [1.54, 1.807) is 66.9 Å². The van der Waals surface area contributed by atoms with E-state index < -0.39 is 17.7 Å². The highest BCUT2D eigenvalue weighted by Gasteiger charge is 2.47. The summed E-state index contributed by atoms with van der Waals surface area (Å²) >= 11 is 6.17. The van der Waals surface area contributed by atoms with Gasteiger partial charge in [0.2, 0.25) is 0 Å². The van der Waals surface area contributed by atoms with Gasteiger partial charge in [-0.05, 0) is 66.9 Å². The SMILES string of the molecule is CCOc1ccc(/C(O)=C2/C(=O)C(=O)N(c3cccc(Cl)c3)C2c2ccccn2)cc1C(C)C. The molecule has 2 heterocycles. The van der Waals surface area contributed by atoms with Crippen LogP contribution in [-0.4, -0.2) is 28.4 Å². The van der Waals surface area contributed by atoms with Crippen molar-refractivity contribution in [2.45, 2.75) is 32.7 Å². The molecule has 6 nitrogen and oxygen atoms in total. The highest BCUT2D eigenvalue weighted by molar-refractivity contribution is 6.51. The van der Waals surface area contributed by atoms with Crippen LogP contribution in [0.1, 0.15) is 49.6 Å². The van der Waals surface area contributed by atoms with Gasteiger partial charge in [-0.1, -0.05) is 37.6 Å². The number of carbonyl (C=O) groups excluding carboxylic acids is 2. The summed E-state index contributed by atoms with van der Waals surface area (Å²) in [5.74, 6) is -0.962. The first kappa shape index (κ1) is 23.5. The third-order valence-corrected chi connectivity index (χ3v) is 5.94. The third kappa shape index (κ3) is 4.29. The molecule has 1 atom stereocenters. The molecular weight excluding hydrogens is 452 g/mol. The van der Waals surface area contributed by atoms with E-state index in [9.17, 15) is 14.7 Å². The second-order valence-corrected chi connectivity index (χ2v) is 8.68. The van der Waals surface area contributed by atoms with Gasteiger partial charge in [0.1, 0.15) is 17.6 Å². The number of ketones is 1. The Kier molecular flexibility index (Phi) is 6.70. The van der Waals surface area contributed by atoms with E-state index in [4.69, 9.17) is 16.3 Å². The number of rotatable bonds is 6. The Bertz CT molecular complexity index is 1270. The summed E-state index contributed by atoms with van der Waals surface area (Å²) in [7, 11) is 0. The molecule has 174 valence electrons. The second-order valence-electron chi connectivity index (χ2n) is 8.24. The fourth-order valence-electron chi connectivity index (χ4n) is 4.13. The lowest BCUT2D eigenvalue weighted by molar-refractivity contribution is -0.132. The van der Waals surface area contributed by atoms with E-state index in [1.807, 2.05) is 20.8 Å². The number of aliphatic hydroxyl groups is 1. The molecule has 0 aliphatic carbocycles. The number of Topliss-reactive ketones (excluding diaryl/α,β-unsaturated/α-hetero) is 1. The lowest BCUT2D eigenvalue weighted by Crippen LogP contribution is -2.29. The van der Waals surface area contributed by atoms with Gasteiger partial charge in [0.05, 0.1) is 17.9 Å². The van der Waals surface area contributed by atoms with Gasteiger partial charge in [0, 0.05) is 22.5 Å². The number of anilines is 1. The molecule has 3 aromatic rings. The Morgan fingerprint density at radius 1 is 1.12 bits per heavy atom. The summed E-state index contributed by atoms with van der Waals surface area (Å²) in [6.07, 6.45) is 1.58. The van der Waals surface area contributed by atoms with E-state index in [0.717, 1.165) is 11.3 Å². The maximum atomic E-state index is 13.3. The Morgan fingerprint density at radius 2 is 1.91 bits per heavy atom. The minimum atomic E-state index is -0.909. The molecule has 4 rings (SSSR count). The standard InChI is InChI=1S/C27H25ClN2O4/c1-4-34-22-12-11-17(14-20(22)16(2)3)25(31)23-24(21-10-5-6-13-29-21)30(27(33)26(23)32)19-9-7-8-18(28)15-19/h5-16,24,31H,4H2,1-3H3/b25-23-. The zero-order valence-corrected chi connectivity index (χ0v) is 19.9. The monoisotopic (exact) mass is 476 g/mol. The van der Waals surface area contributed by atoms with Crippen molar-refractivity contribution in [1.29, 1.82) is 0 Å². The molecule has 0 radical (unpaired) electrons. The van der Waals surface area contributed by atoms with Crippen LogP contribution in [0.3, 0.4) is 0 Å². The Hall–Kier alpha value is -3.64. The predicted octanol–water partition coefficient (Wildman–Crippen LogP) is 5.88. The second kappa shape index (κ2) is 9.69. The van der Waals surface area contributed by atoms with Crippen LogP contribution in [0.15, 0.2) is 72.4 Å². The summed E-state index contributed by atoms with van der Waals surface area (Å²) in [5, 5.41) is 11.8. The number of aromatic nitrogens is 1. The molecule has 1 aliphatic heterocycles. The molecule has 1 amide bonds. The van der Waals surface area contributed by atoms with Gasteiger partial charge in [0.25, 0.3) is 11.7 Å². The topological polar surface area (TPSA) is 79.7 Å². The normalized spacial score (nSPS) is 17.4. The molecule has 7 heteroatoms. The van der Waals surface area contributed by atoms with Gasteiger partial charge in [-0.25, -0.2) is 0 Å². The van der Waals surface area contributed by atoms with E-state index in [0.29, 0.717) is 28.6 Å². The van der Waals surface area contributed by atoms with Gasteiger partial charge in [0.15, 0.2) is 0 Å². The molecule has 1 N–H and O–H groups in total. The summed E-state index contributed by atoms with van der Waals surface area (Å²) in [6, 6.07) is 16.3. The lowest BCUT2D eigenvalue weighted by Gasteiger charge is -2.24. The fourth-order valence-corrected chi connectivity index (χ4v) is 4.32. The number of hydrogen-bond acceptors (Lipinski definition) is 5. The van der Waals surface area contributed by atoms with Gasteiger partial charge in [-0.2, -0.15) is 0 Å². The third-order valence-electron chi connectivity index (χ3n) is 5.70. The van der Waals surface area contributed by atoms with Crippen molar-refractivity contribution < 1.29 is 19.4 Å². The molecule has 1 unspecified atom stereocenters. The van der Waals surface area contributed by atoms with E-state index >= 15 is 0 Å². The van der Waals surface area contributed by atoms with Crippen molar-refractivity contribution in [1.82, 2.24) is 4.98 Å². The fraction of sp³-hybridized carbons (Fsp3) is 0.222. The molecule has 1 fully saturated rings. The smallest absolute Gasteiger partial charge is 0.300 e. The van der Waals surface area contributed by atoms with Crippen molar-refractivity contribution in [2.75, 3.05) is 11.5 Å². The van der Waals surface area contributed by atoms with Crippen LogP contribution in [0.4, 0.5) is 5.69 Å². The zero-order chi connectivity index (χ0) is 24.4. The molecular formula is C27H25ClN2O4. The number of ether oxygens (including phenoxy) is 1. The van der Waals surface area contributed by atoms with Crippen LogP contribution in [0.2, 0.25) is 5.02 Å². The van der Waals surface area contributed by atoms with Crippen molar-refractivity contribution >= 4 is 34.7 Å². The van der Waals surface area contributed by atoms with Crippen LogP contribution in [-0.2, 0) is 9.59 Å². The van der Waals surface area contributed by atoms with Crippen LogP contribution in [0.5, 0.6) is 5.75 Å². The van der Waals surface area contributed by atoms with Crippen molar-refractivity contribution in [2.24, 2.45) is 0 Å². The molecule has 0 spiro atoms. The number of pyridine rings is 1.